The maximum Gasteiger partial charge on any atom is 0.251 e. The van der Waals surface area contributed by atoms with Gasteiger partial charge in [0.15, 0.2) is 9.84 Å². The van der Waals surface area contributed by atoms with Crippen molar-refractivity contribution in [3.8, 4) is 0 Å². The molecule has 0 bridgehead atoms. The maximum absolute atomic E-state index is 12.2. The van der Waals surface area contributed by atoms with Gasteiger partial charge in [0, 0.05) is 16.8 Å². The van der Waals surface area contributed by atoms with Crippen LogP contribution in [0, 0.1) is 0 Å². The largest absolute Gasteiger partial charge is 0.386 e. The third kappa shape index (κ3) is 4.56. The van der Waals surface area contributed by atoms with Crippen LogP contribution < -0.4 is 5.32 Å². The molecule has 0 aliphatic heterocycles. The Hall–Kier alpha value is -1.89. The molecule has 0 saturated carbocycles. The van der Waals surface area contributed by atoms with Crippen LogP contribution in [0.5, 0.6) is 0 Å². The molecule has 2 N–H and O–H groups in total. The van der Waals surface area contributed by atoms with E-state index in [-0.39, 0.29) is 4.90 Å². The lowest BCUT2D eigenvalue weighted by atomic mass is 10.0. The third-order valence-corrected chi connectivity index (χ3v) is 4.97. The monoisotopic (exact) mass is 367 g/mol. The number of carbonyl (C=O) groups excluding carboxylic acids is 1. The van der Waals surface area contributed by atoms with Crippen LogP contribution in [0.15, 0.2) is 53.4 Å². The molecule has 2 atom stereocenters. The average Bonchev–Trinajstić information content (AvgIpc) is 2.54. The molecule has 5 nitrogen and oxygen atoms in total. The lowest BCUT2D eigenvalue weighted by Crippen LogP contribution is -2.37. The van der Waals surface area contributed by atoms with Gasteiger partial charge in [-0.3, -0.25) is 4.79 Å². The van der Waals surface area contributed by atoms with Gasteiger partial charge in [0.2, 0.25) is 0 Å². The van der Waals surface area contributed by atoms with Gasteiger partial charge in [-0.15, -0.1) is 0 Å². The van der Waals surface area contributed by atoms with Crippen LogP contribution in [0.3, 0.4) is 0 Å². The molecule has 0 aliphatic carbocycles. The number of aliphatic hydroxyl groups excluding tert-OH is 1. The predicted molar refractivity (Wildman–Crippen MR) is 92.9 cm³/mol. The first kappa shape index (κ1) is 18.4. The summed E-state index contributed by atoms with van der Waals surface area (Å²) in [4.78, 5) is 12.4. The smallest absolute Gasteiger partial charge is 0.251 e. The second-order valence-corrected chi connectivity index (χ2v) is 8.01. The fourth-order valence-electron chi connectivity index (χ4n) is 2.17. The molecule has 2 aromatic rings. The van der Waals surface area contributed by atoms with E-state index in [9.17, 15) is 18.3 Å². The Morgan fingerprint density at radius 2 is 1.62 bits per heavy atom. The molecule has 2 rings (SSSR count). The van der Waals surface area contributed by atoms with E-state index in [1.165, 1.54) is 24.3 Å². The van der Waals surface area contributed by atoms with Crippen molar-refractivity contribution in [2.24, 2.45) is 0 Å². The predicted octanol–water partition coefficient (Wildman–Crippen LogP) is 2.60. The van der Waals surface area contributed by atoms with Gasteiger partial charge in [0.25, 0.3) is 5.91 Å². The van der Waals surface area contributed by atoms with E-state index >= 15 is 0 Å². The zero-order valence-corrected chi connectivity index (χ0v) is 14.8. The van der Waals surface area contributed by atoms with Gasteiger partial charge in [-0.2, -0.15) is 0 Å². The highest BCUT2D eigenvalue weighted by atomic mass is 35.5. The van der Waals surface area contributed by atoms with Crippen molar-refractivity contribution in [3.63, 3.8) is 0 Å². The Morgan fingerprint density at radius 1 is 1.08 bits per heavy atom. The summed E-state index contributed by atoms with van der Waals surface area (Å²) in [5.74, 6) is -0.393. The molecule has 0 radical (unpaired) electrons. The summed E-state index contributed by atoms with van der Waals surface area (Å²) >= 11 is 5.81. The number of hydrogen-bond donors (Lipinski definition) is 2. The molecule has 0 heterocycles. The lowest BCUT2D eigenvalue weighted by molar-refractivity contribution is 0.0852. The average molecular weight is 368 g/mol. The standard InChI is InChI=1S/C17H18ClNO4S/c1-11(16(20)12-3-7-14(18)8-4-12)19-17(21)13-5-9-15(10-6-13)24(2,22)23/h3-11,16,20H,1-2H3,(H,19,21)/t11-,16+/m1/s1. The van der Waals surface area contributed by atoms with Gasteiger partial charge < -0.3 is 10.4 Å². The van der Waals surface area contributed by atoms with Gasteiger partial charge in [0.05, 0.1) is 17.0 Å². The van der Waals surface area contributed by atoms with Crippen LogP contribution in [-0.4, -0.2) is 31.7 Å². The number of carbonyl (C=O) groups is 1. The Kier molecular flexibility index (Phi) is 5.64. The van der Waals surface area contributed by atoms with E-state index in [1.54, 1.807) is 31.2 Å². The van der Waals surface area contributed by atoms with Crippen LogP contribution in [0.2, 0.25) is 5.02 Å². The topological polar surface area (TPSA) is 83.5 Å². The van der Waals surface area contributed by atoms with Crippen molar-refractivity contribution in [3.05, 3.63) is 64.7 Å². The Morgan fingerprint density at radius 3 is 2.12 bits per heavy atom. The number of amides is 1. The first-order valence-corrected chi connectivity index (χ1v) is 9.50. The quantitative estimate of drug-likeness (QED) is 0.850. The number of hydrogen-bond acceptors (Lipinski definition) is 4. The summed E-state index contributed by atoms with van der Waals surface area (Å²) in [5, 5.41) is 13.5. The number of rotatable bonds is 5. The minimum absolute atomic E-state index is 0.147. The van der Waals surface area contributed by atoms with Crippen LogP contribution in [-0.2, 0) is 9.84 Å². The highest BCUT2D eigenvalue weighted by Crippen LogP contribution is 2.19. The first-order valence-electron chi connectivity index (χ1n) is 7.23. The van der Waals surface area contributed by atoms with Crippen LogP contribution >= 0.6 is 11.6 Å². The van der Waals surface area contributed by atoms with Crippen molar-refractivity contribution in [1.82, 2.24) is 5.32 Å². The molecule has 0 aliphatic rings. The summed E-state index contributed by atoms with van der Waals surface area (Å²) in [6.45, 7) is 1.68. The summed E-state index contributed by atoms with van der Waals surface area (Å²) in [6.07, 6.45) is 0.216. The van der Waals surface area contributed by atoms with Crippen molar-refractivity contribution in [2.75, 3.05) is 6.26 Å². The molecule has 0 unspecified atom stereocenters. The zero-order valence-electron chi connectivity index (χ0n) is 13.2. The van der Waals surface area contributed by atoms with Crippen molar-refractivity contribution in [2.45, 2.75) is 24.0 Å². The molecule has 0 saturated heterocycles. The SMILES string of the molecule is C[C@@H](NC(=O)c1ccc(S(C)(=O)=O)cc1)[C@H](O)c1ccc(Cl)cc1. The van der Waals surface area contributed by atoms with E-state index in [1.807, 2.05) is 0 Å². The summed E-state index contributed by atoms with van der Waals surface area (Å²) < 4.78 is 22.8. The molecular weight excluding hydrogens is 350 g/mol. The van der Waals surface area contributed by atoms with Gasteiger partial charge in [-0.25, -0.2) is 8.42 Å². The zero-order chi connectivity index (χ0) is 17.9. The van der Waals surface area contributed by atoms with Crippen LogP contribution in [0.25, 0.3) is 0 Å². The third-order valence-electron chi connectivity index (χ3n) is 3.59. The second-order valence-electron chi connectivity index (χ2n) is 5.56. The number of nitrogens with one attached hydrogen (secondary N) is 1. The van der Waals surface area contributed by atoms with Crippen molar-refractivity contribution >= 4 is 27.3 Å². The normalized spacial score (nSPS) is 14.0. The van der Waals surface area contributed by atoms with Gasteiger partial charge >= 0.3 is 0 Å². The maximum atomic E-state index is 12.2. The van der Waals surface area contributed by atoms with E-state index < -0.39 is 27.9 Å². The van der Waals surface area contributed by atoms with Crippen molar-refractivity contribution < 1.29 is 18.3 Å². The summed E-state index contributed by atoms with van der Waals surface area (Å²) in [7, 11) is -3.30. The Bertz CT molecular complexity index is 817. The molecule has 2 aromatic carbocycles. The van der Waals surface area contributed by atoms with E-state index in [4.69, 9.17) is 11.6 Å². The van der Waals surface area contributed by atoms with Crippen molar-refractivity contribution in [1.29, 1.82) is 0 Å². The highest BCUT2D eigenvalue weighted by molar-refractivity contribution is 7.90. The van der Waals surface area contributed by atoms with Gasteiger partial charge in [-0.05, 0) is 48.9 Å². The minimum Gasteiger partial charge on any atom is -0.386 e. The molecular formula is C17H18ClNO4S. The fourth-order valence-corrected chi connectivity index (χ4v) is 2.93. The fraction of sp³-hybridized carbons (Fsp3) is 0.235. The lowest BCUT2D eigenvalue weighted by Gasteiger charge is -2.20. The van der Waals surface area contributed by atoms with Crippen LogP contribution in [0.1, 0.15) is 28.9 Å². The van der Waals surface area contributed by atoms with E-state index in [2.05, 4.69) is 5.32 Å². The van der Waals surface area contributed by atoms with Gasteiger partial charge in [-0.1, -0.05) is 23.7 Å². The number of halogens is 1. The van der Waals surface area contributed by atoms with Gasteiger partial charge in [0.1, 0.15) is 0 Å². The molecule has 7 heteroatoms. The van der Waals surface area contributed by atoms with Crippen LogP contribution in [0.4, 0.5) is 0 Å². The van der Waals surface area contributed by atoms with E-state index in [0.717, 1.165) is 6.26 Å². The second kappa shape index (κ2) is 7.34. The summed E-state index contributed by atoms with van der Waals surface area (Å²) in [6, 6.07) is 11.8. The highest BCUT2D eigenvalue weighted by Gasteiger charge is 2.19. The Balaban J connectivity index is 2.06. The molecule has 0 fully saturated rings. The number of sulfone groups is 1. The summed E-state index contributed by atoms with van der Waals surface area (Å²) in [5.41, 5.74) is 0.956. The minimum atomic E-state index is -3.30. The molecule has 0 aromatic heterocycles. The molecule has 24 heavy (non-hydrogen) atoms. The number of aliphatic hydroxyl groups is 1. The van der Waals surface area contributed by atoms with E-state index in [0.29, 0.717) is 16.1 Å². The molecule has 128 valence electrons. The number of benzene rings is 2. The molecule has 1 amide bonds. The first-order chi connectivity index (χ1) is 11.2. The Labute approximate surface area is 146 Å². The molecule has 0 spiro atoms.